The average Bonchev–Trinajstić information content (AvgIpc) is 2.78. The topological polar surface area (TPSA) is 39.2 Å². The van der Waals surface area contributed by atoms with E-state index in [1.807, 2.05) is 31.2 Å². The van der Waals surface area contributed by atoms with E-state index in [0.29, 0.717) is 11.3 Å². The Kier molecular flexibility index (Phi) is 2.33. The molecule has 2 aromatic carbocycles. The van der Waals surface area contributed by atoms with Gasteiger partial charge in [0.15, 0.2) is 0 Å². The predicted molar refractivity (Wildman–Crippen MR) is 70.8 cm³/mol. The number of nitrogen functional groups attached to an aromatic ring is 1. The SMILES string of the molecule is Cc1cccc2cc(-c3cccc(F)c3N)oc12. The van der Waals surface area contributed by atoms with Crippen LogP contribution in [-0.4, -0.2) is 0 Å². The summed E-state index contributed by atoms with van der Waals surface area (Å²) < 4.78 is 19.2. The quantitative estimate of drug-likeness (QED) is 0.650. The lowest BCUT2D eigenvalue weighted by Gasteiger charge is -2.02. The lowest BCUT2D eigenvalue weighted by Crippen LogP contribution is -1.92. The van der Waals surface area contributed by atoms with Crippen LogP contribution < -0.4 is 5.73 Å². The first kappa shape index (κ1) is 10.8. The van der Waals surface area contributed by atoms with Crippen molar-refractivity contribution in [2.24, 2.45) is 0 Å². The maximum Gasteiger partial charge on any atom is 0.146 e. The van der Waals surface area contributed by atoms with E-state index in [2.05, 4.69) is 0 Å². The molecule has 0 spiro atoms. The summed E-state index contributed by atoms with van der Waals surface area (Å²) in [5.41, 5.74) is 8.31. The van der Waals surface area contributed by atoms with Crippen molar-refractivity contribution in [3.63, 3.8) is 0 Å². The molecule has 1 aromatic heterocycles. The molecule has 0 aliphatic rings. The number of halogens is 1. The van der Waals surface area contributed by atoms with Crippen molar-refractivity contribution in [3.8, 4) is 11.3 Å². The lowest BCUT2D eigenvalue weighted by molar-refractivity contribution is 0.620. The highest BCUT2D eigenvalue weighted by Gasteiger charge is 2.12. The second-order valence-electron chi connectivity index (χ2n) is 4.30. The highest BCUT2D eigenvalue weighted by Crippen LogP contribution is 2.33. The molecule has 3 aromatic rings. The summed E-state index contributed by atoms with van der Waals surface area (Å²) in [6, 6.07) is 12.5. The monoisotopic (exact) mass is 241 g/mol. The number of aryl methyl sites for hydroxylation is 1. The molecule has 3 heteroatoms. The van der Waals surface area contributed by atoms with Gasteiger partial charge in [0.05, 0.1) is 5.69 Å². The second-order valence-corrected chi connectivity index (χ2v) is 4.30. The van der Waals surface area contributed by atoms with E-state index in [1.54, 1.807) is 12.1 Å². The van der Waals surface area contributed by atoms with Crippen molar-refractivity contribution < 1.29 is 8.81 Å². The van der Waals surface area contributed by atoms with Crippen molar-refractivity contribution in [3.05, 3.63) is 53.8 Å². The van der Waals surface area contributed by atoms with Crippen LogP contribution in [0.4, 0.5) is 10.1 Å². The average molecular weight is 241 g/mol. The minimum atomic E-state index is -0.426. The summed E-state index contributed by atoms with van der Waals surface area (Å²) in [7, 11) is 0. The molecule has 3 rings (SSSR count). The van der Waals surface area contributed by atoms with Gasteiger partial charge in [0, 0.05) is 10.9 Å². The molecular formula is C15H12FNO. The molecule has 0 unspecified atom stereocenters. The molecule has 0 saturated carbocycles. The van der Waals surface area contributed by atoms with Gasteiger partial charge in [0.1, 0.15) is 17.2 Å². The zero-order valence-corrected chi connectivity index (χ0v) is 9.91. The molecule has 0 aliphatic carbocycles. The maximum absolute atomic E-state index is 13.4. The number of hydrogen-bond acceptors (Lipinski definition) is 2. The van der Waals surface area contributed by atoms with Crippen molar-refractivity contribution in [1.29, 1.82) is 0 Å². The minimum Gasteiger partial charge on any atom is -0.456 e. The van der Waals surface area contributed by atoms with Gasteiger partial charge in [-0.3, -0.25) is 0 Å². The largest absolute Gasteiger partial charge is 0.456 e. The fourth-order valence-electron chi connectivity index (χ4n) is 2.09. The van der Waals surface area contributed by atoms with Crippen LogP contribution in [0.3, 0.4) is 0 Å². The molecule has 0 radical (unpaired) electrons. The molecule has 0 atom stereocenters. The fourth-order valence-corrected chi connectivity index (χ4v) is 2.09. The van der Waals surface area contributed by atoms with Crippen LogP contribution in [0.15, 0.2) is 46.9 Å². The van der Waals surface area contributed by atoms with Crippen molar-refractivity contribution in [1.82, 2.24) is 0 Å². The number of benzene rings is 2. The van der Waals surface area contributed by atoms with Gasteiger partial charge in [-0.25, -0.2) is 4.39 Å². The van der Waals surface area contributed by atoms with Crippen LogP contribution in [0.1, 0.15) is 5.56 Å². The van der Waals surface area contributed by atoms with Gasteiger partial charge in [-0.1, -0.05) is 24.3 Å². The standard InChI is InChI=1S/C15H12FNO/c1-9-4-2-5-10-8-13(18-15(9)10)11-6-3-7-12(16)14(11)17/h2-8H,17H2,1H3. The van der Waals surface area contributed by atoms with Crippen LogP contribution in [0.5, 0.6) is 0 Å². The summed E-state index contributed by atoms with van der Waals surface area (Å²) >= 11 is 0. The number of anilines is 1. The van der Waals surface area contributed by atoms with Gasteiger partial charge in [0.25, 0.3) is 0 Å². The molecule has 0 aliphatic heterocycles. The molecule has 0 bridgehead atoms. The Morgan fingerprint density at radius 3 is 2.67 bits per heavy atom. The molecule has 2 N–H and O–H groups in total. The van der Waals surface area contributed by atoms with Crippen molar-refractivity contribution in [2.45, 2.75) is 6.92 Å². The third kappa shape index (κ3) is 1.56. The fraction of sp³-hybridized carbons (Fsp3) is 0.0667. The Bertz CT molecular complexity index is 730. The zero-order valence-electron chi connectivity index (χ0n) is 9.91. The molecule has 0 saturated heterocycles. The smallest absolute Gasteiger partial charge is 0.146 e. The highest BCUT2D eigenvalue weighted by atomic mass is 19.1. The van der Waals surface area contributed by atoms with E-state index in [1.165, 1.54) is 6.07 Å². The van der Waals surface area contributed by atoms with E-state index < -0.39 is 5.82 Å². The van der Waals surface area contributed by atoms with Crippen LogP contribution in [-0.2, 0) is 0 Å². The Labute approximate surface area is 104 Å². The van der Waals surface area contributed by atoms with Gasteiger partial charge in [-0.2, -0.15) is 0 Å². The third-order valence-corrected chi connectivity index (χ3v) is 3.06. The second kappa shape index (κ2) is 3.88. The first-order valence-corrected chi connectivity index (χ1v) is 5.70. The van der Waals surface area contributed by atoms with Crippen LogP contribution in [0, 0.1) is 12.7 Å². The number of furan rings is 1. The Balaban J connectivity index is 2.26. The molecule has 2 nitrogen and oxygen atoms in total. The van der Waals surface area contributed by atoms with Crippen LogP contribution in [0.25, 0.3) is 22.3 Å². The molecule has 0 amide bonds. The summed E-state index contributed by atoms with van der Waals surface area (Å²) in [6.45, 7) is 1.98. The Morgan fingerprint density at radius 1 is 1.11 bits per heavy atom. The molecule has 90 valence electrons. The van der Waals surface area contributed by atoms with E-state index in [4.69, 9.17) is 10.2 Å². The van der Waals surface area contributed by atoms with Gasteiger partial charge >= 0.3 is 0 Å². The molecule has 0 fully saturated rings. The van der Waals surface area contributed by atoms with Crippen molar-refractivity contribution >= 4 is 16.7 Å². The van der Waals surface area contributed by atoms with Gasteiger partial charge in [-0.05, 0) is 30.7 Å². The van der Waals surface area contributed by atoms with Crippen LogP contribution in [0.2, 0.25) is 0 Å². The van der Waals surface area contributed by atoms with Gasteiger partial charge in [-0.15, -0.1) is 0 Å². The first-order chi connectivity index (χ1) is 8.66. The molecule has 1 heterocycles. The van der Waals surface area contributed by atoms with Gasteiger partial charge in [0.2, 0.25) is 0 Å². The Morgan fingerprint density at radius 2 is 1.89 bits per heavy atom. The highest BCUT2D eigenvalue weighted by molar-refractivity contribution is 5.87. The number of nitrogens with two attached hydrogens (primary N) is 1. The number of para-hydroxylation sites is 2. The number of hydrogen-bond donors (Lipinski definition) is 1. The number of fused-ring (bicyclic) bond motifs is 1. The first-order valence-electron chi connectivity index (χ1n) is 5.70. The summed E-state index contributed by atoms with van der Waals surface area (Å²) in [5, 5.41) is 0.994. The van der Waals surface area contributed by atoms with Crippen molar-refractivity contribution in [2.75, 3.05) is 5.73 Å². The summed E-state index contributed by atoms with van der Waals surface area (Å²) in [6.07, 6.45) is 0. The summed E-state index contributed by atoms with van der Waals surface area (Å²) in [5.74, 6) is 0.168. The maximum atomic E-state index is 13.4. The summed E-state index contributed by atoms with van der Waals surface area (Å²) in [4.78, 5) is 0. The van der Waals surface area contributed by atoms with Gasteiger partial charge < -0.3 is 10.2 Å². The van der Waals surface area contributed by atoms with E-state index >= 15 is 0 Å². The predicted octanol–water partition coefficient (Wildman–Crippen LogP) is 4.13. The number of rotatable bonds is 1. The lowest BCUT2D eigenvalue weighted by atomic mass is 10.1. The van der Waals surface area contributed by atoms with E-state index in [-0.39, 0.29) is 5.69 Å². The normalized spacial score (nSPS) is 11.0. The third-order valence-electron chi connectivity index (χ3n) is 3.06. The zero-order chi connectivity index (χ0) is 12.7. The van der Waals surface area contributed by atoms with Crippen LogP contribution >= 0.6 is 0 Å². The Hall–Kier alpha value is -2.29. The molecule has 18 heavy (non-hydrogen) atoms. The van der Waals surface area contributed by atoms with E-state index in [0.717, 1.165) is 16.5 Å². The van der Waals surface area contributed by atoms with E-state index in [9.17, 15) is 4.39 Å². The minimum absolute atomic E-state index is 0.120. The molecular weight excluding hydrogens is 229 g/mol.